The quantitative estimate of drug-likeness (QED) is 0.669. The van der Waals surface area contributed by atoms with Crippen molar-refractivity contribution in [3.8, 4) is 5.75 Å². The van der Waals surface area contributed by atoms with Crippen molar-refractivity contribution < 1.29 is 9.13 Å². The number of benzene rings is 2. The topological polar surface area (TPSA) is 59.1 Å². The van der Waals surface area contributed by atoms with Crippen molar-refractivity contribution in [3.63, 3.8) is 0 Å². The second-order valence-electron chi connectivity index (χ2n) is 3.98. The summed E-state index contributed by atoms with van der Waals surface area (Å²) in [5.41, 5.74) is 6.99. The van der Waals surface area contributed by atoms with Gasteiger partial charge in [0.25, 0.3) is 0 Å². The maximum Gasteiger partial charge on any atom is 0.137 e. The molecule has 3 nitrogen and oxygen atoms in total. The van der Waals surface area contributed by atoms with Gasteiger partial charge in [-0.3, -0.25) is 5.41 Å². The Bertz CT molecular complexity index is 599. The molecular weight excluding hydrogens is 311 g/mol. The normalized spacial score (nSPS) is 10.2. The van der Waals surface area contributed by atoms with E-state index in [1.807, 2.05) is 12.1 Å². The van der Waals surface area contributed by atoms with E-state index in [4.69, 9.17) is 15.9 Å². The lowest BCUT2D eigenvalue weighted by Crippen LogP contribution is -2.10. The minimum atomic E-state index is -0.321. The van der Waals surface area contributed by atoms with Gasteiger partial charge in [-0.1, -0.05) is 24.3 Å². The van der Waals surface area contributed by atoms with Crippen LogP contribution in [-0.2, 0) is 6.61 Å². The molecule has 0 spiro atoms. The molecule has 2 aromatic rings. The summed E-state index contributed by atoms with van der Waals surface area (Å²) in [6.45, 7) is 0.371. The molecule has 0 heterocycles. The summed E-state index contributed by atoms with van der Waals surface area (Å²) < 4.78 is 19.0. The molecule has 0 bridgehead atoms. The molecule has 19 heavy (non-hydrogen) atoms. The van der Waals surface area contributed by atoms with Crippen molar-refractivity contribution in [1.29, 1.82) is 5.41 Å². The van der Waals surface area contributed by atoms with Crippen LogP contribution in [0.4, 0.5) is 4.39 Å². The summed E-state index contributed by atoms with van der Waals surface area (Å²) >= 11 is 3.11. The number of halogens is 2. The Hall–Kier alpha value is -1.88. The Labute approximate surface area is 118 Å². The number of ether oxygens (including phenoxy) is 1. The molecule has 0 atom stereocenters. The third-order valence-electron chi connectivity index (χ3n) is 2.56. The first-order valence-corrected chi connectivity index (χ1v) is 6.37. The number of amidine groups is 1. The number of hydrogen-bond acceptors (Lipinski definition) is 2. The first-order valence-electron chi connectivity index (χ1n) is 5.57. The Morgan fingerprint density at radius 3 is 2.47 bits per heavy atom. The highest BCUT2D eigenvalue weighted by molar-refractivity contribution is 9.10. The van der Waals surface area contributed by atoms with E-state index in [0.717, 1.165) is 5.56 Å². The Morgan fingerprint density at radius 2 is 1.89 bits per heavy atom. The fourth-order valence-corrected chi connectivity index (χ4v) is 1.87. The van der Waals surface area contributed by atoms with Crippen molar-refractivity contribution >= 4 is 21.8 Å². The lowest BCUT2D eigenvalue weighted by Gasteiger charge is -2.07. The van der Waals surface area contributed by atoms with E-state index >= 15 is 0 Å². The van der Waals surface area contributed by atoms with E-state index in [9.17, 15) is 4.39 Å². The molecule has 0 saturated heterocycles. The monoisotopic (exact) mass is 322 g/mol. The van der Waals surface area contributed by atoms with Crippen molar-refractivity contribution in [1.82, 2.24) is 0 Å². The van der Waals surface area contributed by atoms with Gasteiger partial charge in [-0.2, -0.15) is 0 Å². The molecule has 0 saturated carbocycles. The second kappa shape index (κ2) is 5.84. The number of rotatable bonds is 4. The zero-order valence-corrected chi connectivity index (χ0v) is 11.6. The molecule has 0 aromatic heterocycles. The average Bonchev–Trinajstić information content (AvgIpc) is 2.40. The molecule has 0 aliphatic rings. The zero-order chi connectivity index (χ0) is 13.8. The van der Waals surface area contributed by atoms with Gasteiger partial charge in [0.2, 0.25) is 0 Å². The first-order chi connectivity index (χ1) is 9.06. The van der Waals surface area contributed by atoms with E-state index in [0.29, 0.717) is 22.4 Å². The molecule has 0 fully saturated rings. The van der Waals surface area contributed by atoms with E-state index in [1.165, 1.54) is 6.07 Å². The van der Waals surface area contributed by atoms with Gasteiger partial charge >= 0.3 is 0 Å². The molecular formula is C14H12BrFN2O. The summed E-state index contributed by atoms with van der Waals surface area (Å²) in [6.07, 6.45) is 0. The molecule has 0 radical (unpaired) electrons. The Morgan fingerprint density at radius 1 is 1.21 bits per heavy atom. The van der Waals surface area contributed by atoms with Crippen molar-refractivity contribution in [2.45, 2.75) is 6.61 Å². The minimum absolute atomic E-state index is 0.0370. The zero-order valence-electron chi connectivity index (χ0n) is 9.99. The lowest BCUT2D eigenvalue weighted by molar-refractivity contribution is 0.305. The Balaban J connectivity index is 2.01. The molecule has 5 heteroatoms. The van der Waals surface area contributed by atoms with E-state index in [-0.39, 0.29) is 11.7 Å². The number of nitrogens with two attached hydrogens (primary N) is 1. The first kappa shape index (κ1) is 13.5. The number of nitrogens with one attached hydrogen (secondary N) is 1. The van der Waals surface area contributed by atoms with Crippen LogP contribution in [0, 0.1) is 11.2 Å². The third kappa shape index (κ3) is 3.54. The summed E-state index contributed by atoms with van der Waals surface area (Å²) in [6, 6.07) is 11.7. The molecule has 0 unspecified atom stereocenters. The molecule has 0 amide bonds. The molecule has 2 rings (SSSR count). The second-order valence-corrected chi connectivity index (χ2v) is 4.83. The number of hydrogen-bond donors (Lipinski definition) is 2. The van der Waals surface area contributed by atoms with Gasteiger partial charge in [0.1, 0.15) is 24.0 Å². The fourth-order valence-electron chi connectivity index (χ4n) is 1.51. The highest BCUT2D eigenvalue weighted by atomic mass is 79.9. The van der Waals surface area contributed by atoms with Crippen LogP contribution in [0.2, 0.25) is 0 Å². The number of nitrogen functional groups attached to an aromatic ring is 1. The summed E-state index contributed by atoms with van der Waals surface area (Å²) in [5, 5.41) is 7.29. The van der Waals surface area contributed by atoms with E-state index in [1.54, 1.807) is 24.3 Å². The predicted octanol–water partition coefficient (Wildman–Crippen LogP) is 3.45. The lowest BCUT2D eigenvalue weighted by atomic mass is 10.1. The van der Waals surface area contributed by atoms with E-state index < -0.39 is 0 Å². The predicted molar refractivity (Wildman–Crippen MR) is 75.9 cm³/mol. The van der Waals surface area contributed by atoms with E-state index in [2.05, 4.69) is 15.9 Å². The third-order valence-corrected chi connectivity index (χ3v) is 3.17. The van der Waals surface area contributed by atoms with Gasteiger partial charge < -0.3 is 10.5 Å². The van der Waals surface area contributed by atoms with Crippen LogP contribution in [0.5, 0.6) is 5.75 Å². The van der Waals surface area contributed by atoms with Crippen LogP contribution < -0.4 is 10.5 Å². The Kier molecular flexibility index (Phi) is 4.16. The highest BCUT2D eigenvalue weighted by Crippen LogP contribution is 2.22. The minimum Gasteiger partial charge on any atom is -0.489 e. The van der Waals surface area contributed by atoms with Crippen LogP contribution in [0.1, 0.15) is 11.1 Å². The maximum absolute atomic E-state index is 13.0. The summed E-state index contributed by atoms with van der Waals surface area (Å²) in [4.78, 5) is 0. The van der Waals surface area contributed by atoms with Crippen molar-refractivity contribution in [3.05, 3.63) is 63.9 Å². The van der Waals surface area contributed by atoms with Gasteiger partial charge in [0, 0.05) is 5.56 Å². The molecule has 0 aliphatic heterocycles. The van der Waals surface area contributed by atoms with Crippen molar-refractivity contribution in [2.75, 3.05) is 0 Å². The van der Waals surface area contributed by atoms with Crippen LogP contribution in [0.15, 0.2) is 46.9 Å². The smallest absolute Gasteiger partial charge is 0.137 e. The average molecular weight is 323 g/mol. The van der Waals surface area contributed by atoms with Gasteiger partial charge in [-0.15, -0.1) is 0 Å². The fraction of sp³-hybridized carbons (Fsp3) is 0.0714. The molecule has 2 aromatic carbocycles. The molecule has 3 N–H and O–H groups in total. The van der Waals surface area contributed by atoms with Gasteiger partial charge in [0.15, 0.2) is 0 Å². The van der Waals surface area contributed by atoms with Crippen LogP contribution in [-0.4, -0.2) is 5.84 Å². The molecule has 0 aliphatic carbocycles. The van der Waals surface area contributed by atoms with Crippen LogP contribution >= 0.6 is 15.9 Å². The molecule has 98 valence electrons. The van der Waals surface area contributed by atoms with Gasteiger partial charge in [-0.25, -0.2) is 4.39 Å². The highest BCUT2D eigenvalue weighted by Gasteiger charge is 2.02. The summed E-state index contributed by atoms with van der Waals surface area (Å²) in [5.74, 6) is 0.303. The van der Waals surface area contributed by atoms with Crippen LogP contribution in [0.25, 0.3) is 0 Å². The standard InChI is InChI=1S/C14H12BrFN2O/c15-12-7-11(5-6-13(12)16)19-8-9-1-3-10(4-2-9)14(17)18/h1-7H,8H2,(H3,17,18). The SMILES string of the molecule is N=C(N)c1ccc(COc2ccc(F)c(Br)c2)cc1. The van der Waals surface area contributed by atoms with Gasteiger partial charge in [-0.05, 0) is 39.7 Å². The van der Waals surface area contributed by atoms with Crippen LogP contribution in [0.3, 0.4) is 0 Å². The largest absolute Gasteiger partial charge is 0.489 e. The summed E-state index contributed by atoms with van der Waals surface area (Å²) in [7, 11) is 0. The maximum atomic E-state index is 13.0. The van der Waals surface area contributed by atoms with Gasteiger partial charge in [0.05, 0.1) is 4.47 Å². The van der Waals surface area contributed by atoms with Crippen molar-refractivity contribution in [2.24, 2.45) is 5.73 Å².